The molecular weight excluding hydrogens is 236 g/mol. The van der Waals surface area contributed by atoms with Gasteiger partial charge >= 0.3 is 0 Å². The average molecular weight is 262 g/mol. The van der Waals surface area contributed by atoms with Crippen LogP contribution in [0.1, 0.15) is 44.9 Å². The molecule has 19 heavy (non-hydrogen) atoms. The van der Waals surface area contributed by atoms with Gasteiger partial charge in [-0.2, -0.15) is 0 Å². The minimum absolute atomic E-state index is 0.388. The van der Waals surface area contributed by atoms with Crippen molar-refractivity contribution in [2.45, 2.75) is 51.0 Å². The Morgan fingerprint density at radius 3 is 2.95 bits per heavy atom. The zero-order chi connectivity index (χ0) is 13.1. The molecule has 2 fully saturated rings. The van der Waals surface area contributed by atoms with Crippen molar-refractivity contribution in [2.75, 3.05) is 19.6 Å². The van der Waals surface area contributed by atoms with Crippen molar-refractivity contribution in [1.29, 1.82) is 0 Å². The van der Waals surface area contributed by atoms with Crippen LogP contribution < -0.4 is 5.32 Å². The molecule has 3 heteroatoms. The summed E-state index contributed by atoms with van der Waals surface area (Å²) in [6.07, 6.45) is 12.6. The average Bonchev–Trinajstić information content (AvgIpc) is 3.12. The maximum Gasteiger partial charge on any atom is 0.223 e. The Labute approximate surface area is 116 Å². The van der Waals surface area contributed by atoms with Crippen LogP contribution in [0.5, 0.6) is 0 Å². The lowest BCUT2D eigenvalue weighted by Crippen LogP contribution is -2.46. The summed E-state index contributed by atoms with van der Waals surface area (Å²) in [4.78, 5) is 14.5. The molecule has 0 saturated carbocycles. The summed E-state index contributed by atoms with van der Waals surface area (Å²) in [5, 5.41) is 3.61. The van der Waals surface area contributed by atoms with E-state index in [4.69, 9.17) is 0 Å². The standard InChI is InChI=1S/C16H26N2O/c19-16(11-13-5-1-2-6-13)18-10-4-7-14(12-18)15-8-3-9-17-15/h1,5,13-15,17H,2-4,6-12H2. The van der Waals surface area contributed by atoms with Gasteiger partial charge in [-0.3, -0.25) is 4.79 Å². The molecule has 2 heterocycles. The van der Waals surface area contributed by atoms with Gasteiger partial charge in [-0.1, -0.05) is 12.2 Å². The molecule has 0 spiro atoms. The van der Waals surface area contributed by atoms with Gasteiger partial charge in [0.2, 0.25) is 5.91 Å². The number of carbonyl (C=O) groups excluding carboxylic acids is 1. The van der Waals surface area contributed by atoms with Crippen LogP contribution in [0.2, 0.25) is 0 Å². The second-order valence-electron chi connectivity index (χ2n) is 6.41. The fourth-order valence-corrected chi connectivity index (χ4v) is 3.90. The molecular formula is C16H26N2O. The van der Waals surface area contributed by atoms with Gasteiger partial charge in [0, 0.05) is 25.6 Å². The molecule has 1 aliphatic carbocycles. The fourth-order valence-electron chi connectivity index (χ4n) is 3.90. The number of rotatable bonds is 3. The Hall–Kier alpha value is -0.830. The largest absolute Gasteiger partial charge is 0.342 e. The lowest BCUT2D eigenvalue weighted by molar-refractivity contribution is -0.133. The van der Waals surface area contributed by atoms with E-state index in [-0.39, 0.29) is 0 Å². The van der Waals surface area contributed by atoms with Crippen LogP contribution in [-0.4, -0.2) is 36.5 Å². The zero-order valence-corrected chi connectivity index (χ0v) is 11.8. The van der Waals surface area contributed by atoms with Crippen molar-refractivity contribution < 1.29 is 4.79 Å². The van der Waals surface area contributed by atoms with Gasteiger partial charge in [0.25, 0.3) is 0 Å². The molecule has 3 unspecified atom stereocenters. The molecule has 3 rings (SSSR count). The number of allylic oxidation sites excluding steroid dienone is 2. The minimum Gasteiger partial charge on any atom is -0.342 e. The van der Waals surface area contributed by atoms with E-state index in [1.807, 2.05) is 0 Å². The molecule has 0 aromatic rings. The lowest BCUT2D eigenvalue weighted by atomic mass is 9.89. The maximum atomic E-state index is 12.4. The second-order valence-corrected chi connectivity index (χ2v) is 6.41. The minimum atomic E-state index is 0.388. The Kier molecular flexibility index (Phi) is 4.21. The van der Waals surface area contributed by atoms with Crippen molar-refractivity contribution in [2.24, 2.45) is 11.8 Å². The van der Waals surface area contributed by atoms with E-state index in [1.54, 1.807) is 0 Å². The smallest absolute Gasteiger partial charge is 0.223 e. The molecule has 106 valence electrons. The SMILES string of the molecule is O=C(CC1C=CCC1)N1CCCC(C2CCCN2)C1. The van der Waals surface area contributed by atoms with Crippen molar-refractivity contribution in [3.05, 3.63) is 12.2 Å². The van der Waals surface area contributed by atoms with Gasteiger partial charge in [0.05, 0.1) is 0 Å². The van der Waals surface area contributed by atoms with Crippen LogP contribution >= 0.6 is 0 Å². The maximum absolute atomic E-state index is 12.4. The van der Waals surface area contributed by atoms with E-state index in [0.717, 1.165) is 25.9 Å². The Bertz CT molecular complexity index is 347. The third-order valence-corrected chi connectivity index (χ3v) is 5.03. The van der Waals surface area contributed by atoms with Gasteiger partial charge < -0.3 is 10.2 Å². The number of hydrogen-bond acceptors (Lipinski definition) is 2. The van der Waals surface area contributed by atoms with Gasteiger partial charge in [-0.05, 0) is 56.9 Å². The van der Waals surface area contributed by atoms with Crippen LogP contribution in [0, 0.1) is 11.8 Å². The third-order valence-electron chi connectivity index (χ3n) is 5.03. The molecule has 1 amide bonds. The van der Waals surface area contributed by atoms with Gasteiger partial charge in [0.1, 0.15) is 0 Å². The summed E-state index contributed by atoms with van der Waals surface area (Å²) in [5.74, 6) is 1.59. The number of amides is 1. The second kappa shape index (κ2) is 6.08. The molecule has 0 radical (unpaired) electrons. The quantitative estimate of drug-likeness (QED) is 0.792. The van der Waals surface area contributed by atoms with E-state index >= 15 is 0 Å². The first-order chi connectivity index (χ1) is 9.33. The Morgan fingerprint density at radius 1 is 1.26 bits per heavy atom. The topological polar surface area (TPSA) is 32.3 Å². The Morgan fingerprint density at radius 2 is 2.21 bits per heavy atom. The summed E-state index contributed by atoms with van der Waals surface area (Å²) in [6, 6.07) is 0.668. The highest BCUT2D eigenvalue weighted by Gasteiger charge is 2.31. The van der Waals surface area contributed by atoms with E-state index in [0.29, 0.717) is 23.8 Å². The van der Waals surface area contributed by atoms with Crippen molar-refractivity contribution >= 4 is 5.91 Å². The molecule has 2 aliphatic heterocycles. The molecule has 3 aliphatic rings. The van der Waals surface area contributed by atoms with Crippen LogP contribution in [0.4, 0.5) is 0 Å². The number of hydrogen-bond donors (Lipinski definition) is 1. The molecule has 3 nitrogen and oxygen atoms in total. The fraction of sp³-hybridized carbons (Fsp3) is 0.812. The predicted octanol–water partition coefficient (Wildman–Crippen LogP) is 2.33. The van der Waals surface area contributed by atoms with Gasteiger partial charge in [0.15, 0.2) is 0 Å². The normalized spacial score (nSPS) is 34.9. The van der Waals surface area contributed by atoms with Crippen molar-refractivity contribution in [1.82, 2.24) is 10.2 Å². The summed E-state index contributed by atoms with van der Waals surface area (Å²) in [5.41, 5.74) is 0. The van der Waals surface area contributed by atoms with Crippen LogP contribution in [0.15, 0.2) is 12.2 Å². The van der Waals surface area contributed by atoms with E-state index in [9.17, 15) is 4.79 Å². The van der Waals surface area contributed by atoms with E-state index < -0.39 is 0 Å². The molecule has 1 N–H and O–H groups in total. The summed E-state index contributed by atoms with van der Waals surface area (Å²) in [6.45, 7) is 3.15. The number of nitrogens with one attached hydrogen (secondary N) is 1. The predicted molar refractivity (Wildman–Crippen MR) is 76.8 cm³/mol. The Balaban J connectivity index is 1.52. The number of piperidine rings is 1. The summed E-state index contributed by atoms with van der Waals surface area (Å²) in [7, 11) is 0. The molecule has 0 bridgehead atoms. The number of carbonyl (C=O) groups is 1. The zero-order valence-electron chi connectivity index (χ0n) is 11.8. The monoisotopic (exact) mass is 262 g/mol. The van der Waals surface area contributed by atoms with Crippen molar-refractivity contribution in [3.8, 4) is 0 Å². The van der Waals surface area contributed by atoms with Crippen LogP contribution in [0.25, 0.3) is 0 Å². The third kappa shape index (κ3) is 3.19. The lowest BCUT2D eigenvalue weighted by Gasteiger charge is -2.36. The van der Waals surface area contributed by atoms with Gasteiger partial charge in [-0.25, -0.2) is 0 Å². The molecule has 3 atom stereocenters. The highest BCUT2D eigenvalue weighted by atomic mass is 16.2. The van der Waals surface area contributed by atoms with Crippen LogP contribution in [0.3, 0.4) is 0 Å². The van der Waals surface area contributed by atoms with Crippen molar-refractivity contribution in [3.63, 3.8) is 0 Å². The first-order valence-corrected chi connectivity index (χ1v) is 8.01. The van der Waals surface area contributed by atoms with Gasteiger partial charge in [-0.15, -0.1) is 0 Å². The van der Waals surface area contributed by atoms with E-state index in [2.05, 4.69) is 22.4 Å². The highest BCUT2D eigenvalue weighted by molar-refractivity contribution is 5.76. The first kappa shape index (κ1) is 13.2. The highest BCUT2D eigenvalue weighted by Crippen LogP contribution is 2.27. The summed E-state index contributed by atoms with van der Waals surface area (Å²) < 4.78 is 0. The first-order valence-electron chi connectivity index (χ1n) is 8.01. The van der Waals surface area contributed by atoms with E-state index in [1.165, 1.54) is 38.6 Å². The number of nitrogens with zero attached hydrogens (tertiary/aromatic N) is 1. The molecule has 0 aromatic carbocycles. The summed E-state index contributed by atoms with van der Waals surface area (Å²) >= 11 is 0. The number of likely N-dealkylation sites (tertiary alicyclic amines) is 1. The molecule has 2 saturated heterocycles. The van der Waals surface area contributed by atoms with Crippen LogP contribution in [-0.2, 0) is 4.79 Å². The molecule has 0 aromatic heterocycles.